The summed E-state index contributed by atoms with van der Waals surface area (Å²) in [6.07, 6.45) is 0. The zero-order valence-corrected chi connectivity index (χ0v) is 13.6. The van der Waals surface area contributed by atoms with Crippen molar-refractivity contribution in [2.45, 2.75) is 6.92 Å². The van der Waals surface area contributed by atoms with Crippen LogP contribution in [0.15, 0.2) is 48.5 Å². The van der Waals surface area contributed by atoms with E-state index in [2.05, 4.69) is 10.9 Å². The van der Waals surface area contributed by atoms with E-state index in [1.165, 1.54) is 0 Å². The number of nitriles is 1. The summed E-state index contributed by atoms with van der Waals surface area (Å²) in [6.45, 7) is 2.15. The fourth-order valence-corrected chi connectivity index (χ4v) is 1.88. The second kappa shape index (κ2) is 8.93. The van der Waals surface area contributed by atoms with Crippen molar-refractivity contribution in [1.82, 2.24) is 10.9 Å². The Labute approximate surface area is 145 Å². The fourth-order valence-electron chi connectivity index (χ4n) is 1.88. The summed E-state index contributed by atoms with van der Waals surface area (Å²) in [7, 11) is 0. The van der Waals surface area contributed by atoms with Gasteiger partial charge in [-0.1, -0.05) is 0 Å². The molecule has 0 aliphatic heterocycles. The Bertz CT molecular complexity index is 764. The minimum absolute atomic E-state index is 0.268. The zero-order chi connectivity index (χ0) is 18.1. The molecule has 0 unspecified atom stereocenters. The highest BCUT2D eigenvalue weighted by molar-refractivity contribution is 5.95. The molecule has 0 aromatic heterocycles. The van der Waals surface area contributed by atoms with Crippen molar-refractivity contribution in [3.8, 4) is 17.6 Å². The van der Waals surface area contributed by atoms with Gasteiger partial charge in [-0.25, -0.2) is 0 Å². The van der Waals surface area contributed by atoms with Crippen molar-refractivity contribution in [2.24, 2.45) is 0 Å². The summed E-state index contributed by atoms with van der Waals surface area (Å²) in [4.78, 5) is 23.6. The first-order chi connectivity index (χ1) is 12.1. The van der Waals surface area contributed by atoms with Gasteiger partial charge in [-0.05, 0) is 55.5 Å². The molecule has 0 saturated carbocycles. The Morgan fingerprint density at radius 1 is 0.960 bits per heavy atom. The van der Waals surface area contributed by atoms with Crippen LogP contribution in [0.4, 0.5) is 0 Å². The van der Waals surface area contributed by atoms with Crippen molar-refractivity contribution in [3.05, 3.63) is 59.7 Å². The lowest BCUT2D eigenvalue weighted by Crippen LogP contribution is -2.43. The van der Waals surface area contributed by atoms with Gasteiger partial charge in [-0.15, -0.1) is 0 Å². The molecule has 7 heteroatoms. The Morgan fingerprint density at radius 3 is 2.16 bits per heavy atom. The number of rotatable bonds is 6. The largest absolute Gasteiger partial charge is 0.494 e. The van der Waals surface area contributed by atoms with E-state index in [-0.39, 0.29) is 6.61 Å². The predicted octanol–water partition coefficient (Wildman–Crippen LogP) is 1.80. The number of nitrogens with zero attached hydrogens (tertiary/aromatic N) is 1. The van der Waals surface area contributed by atoms with Gasteiger partial charge in [-0.3, -0.25) is 20.4 Å². The molecule has 0 spiro atoms. The molecule has 0 radical (unpaired) electrons. The summed E-state index contributed by atoms with van der Waals surface area (Å²) in [6, 6.07) is 14.9. The van der Waals surface area contributed by atoms with Crippen molar-refractivity contribution >= 4 is 11.8 Å². The highest BCUT2D eigenvalue weighted by atomic mass is 16.5. The first kappa shape index (κ1) is 17.8. The Balaban J connectivity index is 1.76. The van der Waals surface area contributed by atoms with E-state index < -0.39 is 11.8 Å². The summed E-state index contributed by atoms with van der Waals surface area (Å²) in [5.41, 5.74) is 5.45. The van der Waals surface area contributed by atoms with E-state index in [4.69, 9.17) is 14.7 Å². The van der Waals surface area contributed by atoms with E-state index in [0.29, 0.717) is 29.2 Å². The lowest BCUT2D eigenvalue weighted by atomic mass is 10.2. The van der Waals surface area contributed by atoms with Gasteiger partial charge in [-0.2, -0.15) is 5.26 Å². The SMILES string of the molecule is CCOc1ccc(C(=O)NNC(=O)COc2ccc(C#N)cc2)cc1. The lowest BCUT2D eigenvalue weighted by molar-refractivity contribution is -0.123. The molecular formula is C18H17N3O4. The molecule has 0 atom stereocenters. The van der Waals surface area contributed by atoms with Crippen LogP contribution in [0.1, 0.15) is 22.8 Å². The molecular weight excluding hydrogens is 322 g/mol. The number of amides is 2. The molecule has 0 saturated heterocycles. The van der Waals surface area contributed by atoms with Gasteiger partial charge in [0.15, 0.2) is 6.61 Å². The Morgan fingerprint density at radius 2 is 1.56 bits per heavy atom. The maximum Gasteiger partial charge on any atom is 0.276 e. The zero-order valence-electron chi connectivity index (χ0n) is 13.6. The highest BCUT2D eigenvalue weighted by Gasteiger charge is 2.08. The third kappa shape index (κ3) is 5.55. The smallest absolute Gasteiger partial charge is 0.276 e. The molecule has 2 amide bonds. The van der Waals surface area contributed by atoms with E-state index in [1.807, 2.05) is 13.0 Å². The van der Waals surface area contributed by atoms with Crippen molar-refractivity contribution in [2.75, 3.05) is 13.2 Å². The summed E-state index contributed by atoms with van der Waals surface area (Å²) in [5, 5.41) is 8.70. The summed E-state index contributed by atoms with van der Waals surface area (Å²) < 4.78 is 10.6. The van der Waals surface area contributed by atoms with E-state index >= 15 is 0 Å². The Hall–Kier alpha value is -3.53. The molecule has 0 aliphatic rings. The van der Waals surface area contributed by atoms with E-state index in [0.717, 1.165) is 0 Å². The predicted molar refractivity (Wildman–Crippen MR) is 89.9 cm³/mol. The van der Waals surface area contributed by atoms with Crippen LogP contribution in [0.5, 0.6) is 11.5 Å². The van der Waals surface area contributed by atoms with Crippen LogP contribution in [-0.4, -0.2) is 25.0 Å². The number of hydrogen-bond donors (Lipinski definition) is 2. The van der Waals surface area contributed by atoms with Crippen LogP contribution in [0.2, 0.25) is 0 Å². The first-order valence-corrected chi connectivity index (χ1v) is 7.57. The summed E-state index contributed by atoms with van der Waals surface area (Å²) in [5.74, 6) is 0.157. The number of hydrazine groups is 1. The molecule has 2 aromatic rings. The number of nitrogens with one attached hydrogen (secondary N) is 2. The first-order valence-electron chi connectivity index (χ1n) is 7.57. The van der Waals surface area contributed by atoms with Gasteiger partial charge in [0.05, 0.1) is 18.2 Å². The number of carbonyl (C=O) groups excluding carboxylic acids is 2. The average Bonchev–Trinajstić information content (AvgIpc) is 2.65. The lowest BCUT2D eigenvalue weighted by Gasteiger charge is -2.09. The minimum atomic E-state index is -0.511. The molecule has 0 fully saturated rings. The van der Waals surface area contributed by atoms with E-state index in [1.54, 1.807) is 48.5 Å². The third-order valence-electron chi connectivity index (χ3n) is 3.10. The van der Waals surface area contributed by atoms with Crippen LogP contribution in [0, 0.1) is 11.3 Å². The van der Waals surface area contributed by atoms with Crippen LogP contribution < -0.4 is 20.3 Å². The molecule has 0 bridgehead atoms. The van der Waals surface area contributed by atoms with Gasteiger partial charge in [0, 0.05) is 5.56 Å². The molecule has 2 rings (SSSR count). The summed E-state index contributed by atoms with van der Waals surface area (Å²) >= 11 is 0. The average molecular weight is 339 g/mol. The number of carbonyl (C=O) groups is 2. The molecule has 25 heavy (non-hydrogen) atoms. The number of ether oxygens (including phenoxy) is 2. The maximum absolute atomic E-state index is 11.9. The third-order valence-corrected chi connectivity index (χ3v) is 3.10. The van der Waals surface area contributed by atoms with Gasteiger partial charge >= 0.3 is 0 Å². The van der Waals surface area contributed by atoms with Crippen molar-refractivity contribution in [1.29, 1.82) is 5.26 Å². The van der Waals surface area contributed by atoms with Crippen LogP contribution >= 0.6 is 0 Å². The highest BCUT2D eigenvalue weighted by Crippen LogP contribution is 2.12. The van der Waals surface area contributed by atoms with Crippen molar-refractivity contribution < 1.29 is 19.1 Å². The molecule has 2 aromatic carbocycles. The molecule has 0 heterocycles. The monoisotopic (exact) mass is 339 g/mol. The standard InChI is InChI=1S/C18H17N3O4/c1-2-24-15-9-5-14(6-10-15)18(23)21-20-17(22)12-25-16-7-3-13(11-19)4-8-16/h3-10H,2,12H2,1H3,(H,20,22)(H,21,23). The van der Waals surface area contributed by atoms with Gasteiger partial charge in [0.2, 0.25) is 0 Å². The van der Waals surface area contributed by atoms with Crippen molar-refractivity contribution in [3.63, 3.8) is 0 Å². The van der Waals surface area contributed by atoms with Gasteiger partial charge in [0.1, 0.15) is 11.5 Å². The van der Waals surface area contributed by atoms with Crippen LogP contribution in [0.25, 0.3) is 0 Å². The van der Waals surface area contributed by atoms with Crippen LogP contribution in [0.3, 0.4) is 0 Å². The fraction of sp³-hybridized carbons (Fsp3) is 0.167. The molecule has 7 nitrogen and oxygen atoms in total. The van der Waals surface area contributed by atoms with Gasteiger partial charge in [0.25, 0.3) is 11.8 Å². The Kier molecular flexibility index (Phi) is 6.37. The van der Waals surface area contributed by atoms with Gasteiger partial charge < -0.3 is 9.47 Å². The topological polar surface area (TPSA) is 100 Å². The van der Waals surface area contributed by atoms with E-state index in [9.17, 15) is 9.59 Å². The number of benzene rings is 2. The number of hydrogen-bond acceptors (Lipinski definition) is 5. The molecule has 128 valence electrons. The van der Waals surface area contributed by atoms with Crippen LogP contribution in [-0.2, 0) is 4.79 Å². The quantitative estimate of drug-likeness (QED) is 0.782. The normalized spacial score (nSPS) is 9.60. The second-order valence-electron chi connectivity index (χ2n) is 4.88. The molecule has 2 N–H and O–H groups in total. The molecule has 0 aliphatic carbocycles. The maximum atomic E-state index is 11.9. The minimum Gasteiger partial charge on any atom is -0.494 e. The second-order valence-corrected chi connectivity index (χ2v) is 4.88.